The summed E-state index contributed by atoms with van der Waals surface area (Å²) in [5.74, 6) is 2.30. The highest BCUT2D eigenvalue weighted by molar-refractivity contribution is 14.0. The highest BCUT2D eigenvalue weighted by atomic mass is 127. The maximum atomic E-state index is 14.2. The second-order valence-electron chi connectivity index (χ2n) is 7.13. The molecule has 1 aliphatic heterocycles. The first kappa shape index (κ1) is 21.3. The number of aromatic nitrogens is 3. The molecule has 1 aliphatic carbocycles. The van der Waals surface area contributed by atoms with Crippen molar-refractivity contribution < 1.29 is 4.39 Å². The number of aliphatic imine (C=N–C) groups is 1. The van der Waals surface area contributed by atoms with Gasteiger partial charge in [0.15, 0.2) is 5.96 Å². The number of nitrogens with one attached hydrogen (secondary N) is 2. The van der Waals surface area contributed by atoms with Crippen LogP contribution in [0.2, 0.25) is 5.02 Å². The lowest BCUT2D eigenvalue weighted by molar-refractivity contribution is 0.397. The van der Waals surface area contributed by atoms with Gasteiger partial charge < -0.3 is 10.6 Å². The number of halogens is 3. The van der Waals surface area contributed by atoms with E-state index in [0.29, 0.717) is 17.1 Å². The van der Waals surface area contributed by atoms with Crippen molar-refractivity contribution in [1.29, 1.82) is 0 Å². The highest BCUT2D eigenvalue weighted by Crippen LogP contribution is 2.44. The molecule has 1 saturated carbocycles. The molecule has 9 heteroatoms. The van der Waals surface area contributed by atoms with Crippen LogP contribution in [0.15, 0.2) is 23.2 Å². The Labute approximate surface area is 186 Å². The van der Waals surface area contributed by atoms with E-state index in [4.69, 9.17) is 11.6 Å². The van der Waals surface area contributed by atoms with Gasteiger partial charge in [0.2, 0.25) is 0 Å². The third-order valence-corrected chi connectivity index (χ3v) is 5.42. The van der Waals surface area contributed by atoms with Crippen LogP contribution >= 0.6 is 35.6 Å². The van der Waals surface area contributed by atoms with Crippen LogP contribution in [0.3, 0.4) is 0 Å². The minimum absolute atomic E-state index is 0. The maximum absolute atomic E-state index is 14.2. The van der Waals surface area contributed by atoms with Crippen molar-refractivity contribution in [3.8, 4) is 0 Å². The predicted octanol–water partition coefficient (Wildman–Crippen LogP) is 3.94. The fourth-order valence-electron chi connectivity index (χ4n) is 3.78. The second kappa shape index (κ2) is 8.94. The van der Waals surface area contributed by atoms with E-state index in [1.807, 2.05) is 18.5 Å². The van der Waals surface area contributed by atoms with Crippen LogP contribution in [0.4, 0.5) is 4.39 Å². The van der Waals surface area contributed by atoms with Gasteiger partial charge in [0.25, 0.3) is 0 Å². The number of fused-ring (bicyclic) bond motifs is 1. The number of guanidine groups is 1. The van der Waals surface area contributed by atoms with Crippen LogP contribution < -0.4 is 10.6 Å². The first-order chi connectivity index (χ1) is 13.1. The van der Waals surface area contributed by atoms with Crippen LogP contribution in [-0.4, -0.2) is 33.3 Å². The molecule has 1 aromatic heterocycles. The monoisotopic (exact) mass is 518 g/mol. The zero-order valence-electron chi connectivity index (χ0n) is 16.0. The number of aryl methyl sites for hydroxylation is 2. The SMILES string of the molecule is CCN=C(NC1CCCn2nc(C)nc21)NC1CC1c1c(F)cccc1Cl.I. The summed E-state index contributed by atoms with van der Waals surface area (Å²) in [4.78, 5) is 9.13. The van der Waals surface area contributed by atoms with E-state index in [9.17, 15) is 4.39 Å². The molecule has 0 spiro atoms. The van der Waals surface area contributed by atoms with Gasteiger partial charge in [-0.15, -0.1) is 24.0 Å². The summed E-state index contributed by atoms with van der Waals surface area (Å²) in [6, 6.07) is 5.05. The molecule has 2 aromatic rings. The predicted molar refractivity (Wildman–Crippen MR) is 119 cm³/mol. The van der Waals surface area contributed by atoms with Crippen LogP contribution in [0.1, 0.15) is 55.4 Å². The molecular weight excluding hydrogens is 494 g/mol. The molecule has 152 valence electrons. The Hall–Kier alpha value is -1.42. The number of rotatable bonds is 4. The number of benzene rings is 1. The topological polar surface area (TPSA) is 67.1 Å². The van der Waals surface area contributed by atoms with E-state index in [1.165, 1.54) is 6.07 Å². The van der Waals surface area contributed by atoms with Gasteiger partial charge in [-0.2, -0.15) is 5.10 Å². The molecule has 6 nitrogen and oxygen atoms in total. The molecule has 2 heterocycles. The summed E-state index contributed by atoms with van der Waals surface area (Å²) in [5, 5.41) is 11.9. The smallest absolute Gasteiger partial charge is 0.192 e. The molecule has 4 rings (SSSR count). The highest BCUT2D eigenvalue weighted by Gasteiger charge is 2.42. The summed E-state index contributed by atoms with van der Waals surface area (Å²) < 4.78 is 16.1. The molecule has 0 amide bonds. The van der Waals surface area contributed by atoms with Crippen molar-refractivity contribution in [2.24, 2.45) is 4.99 Å². The van der Waals surface area contributed by atoms with Crippen LogP contribution in [-0.2, 0) is 6.54 Å². The molecule has 1 aromatic carbocycles. The Balaban J connectivity index is 0.00000225. The lowest BCUT2D eigenvalue weighted by atomic mass is 10.1. The van der Waals surface area contributed by atoms with E-state index in [-0.39, 0.29) is 47.8 Å². The normalized spacial score (nSPS) is 23.6. The Bertz CT molecular complexity index is 850. The quantitative estimate of drug-likeness (QED) is 0.366. The van der Waals surface area contributed by atoms with Crippen molar-refractivity contribution in [3.63, 3.8) is 0 Å². The summed E-state index contributed by atoms with van der Waals surface area (Å²) in [7, 11) is 0. The molecule has 2 aliphatic rings. The fraction of sp³-hybridized carbons (Fsp3) is 0.526. The lowest BCUT2D eigenvalue weighted by Gasteiger charge is -2.25. The third kappa shape index (κ3) is 4.42. The van der Waals surface area contributed by atoms with Crippen molar-refractivity contribution >= 4 is 41.5 Å². The molecule has 0 bridgehead atoms. The van der Waals surface area contributed by atoms with Gasteiger partial charge in [-0.05, 0) is 45.2 Å². The van der Waals surface area contributed by atoms with E-state index < -0.39 is 0 Å². The molecule has 2 N–H and O–H groups in total. The van der Waals surface area contributed by atoms with Crippen LogP contribution in [0.25, 0.3) is 0 Å². The lowest BCUT2D eigenvalue weighted by Crippen LogP contribution is -2.43. The molecule has 1 fully saturated rings. The van der Waals surface area contributed by atoms with E-state index in [0.717, 1.165) is 43.4 Å². The third-order valence-electron chi connectivity index (χ3n) is 5.09. The summed E-state index contributed by atoms with van der Waals surface area (Å²) in [6.45, 7) is 5.47. The van der Waals surface area contributed by atoms with Gasteiger partial charge in [0, 0.05) is 35.6 Å². The Morgan fingerprint density at radius 2 is 2.21 bits per heavy atom. The van der Waals surface area contributed by atoms with Crippen molar-refractivity contribution in [2.75, 3.05) is 6.54 Å². The van der Waals surface area contributed by atoms with Gasteiger partial charge in [-0.25, -0.2) is 14.1 Å². The molecule has 3 unspecified atom stereocenters. The van der Waals surface area contributed by atoms with E-state index >= 15 is 0 Å². The Kier molecular flexibility index (Phi) is 6.80. The van der Waals surface area contributed by atoms with Crippen LogP contribution in [0.5, 0.6) is 0 Å². The average molecular weight is 519 g/mol. The first-order valence-corrected chi connectivity index (χ1v) is 9.87. The molecule has 0 saturated heterocycles. The summed E-state index contributed by atoms with van der Waals surface area (Å²) in [5.41, 5.74) is 0.598. The van der Waals surface area contributed by atoms with Crippen LogP contribution in [0, 0.1) is 12.7 Å². The Morgan fingerprint density at radius 1 is 1.39 bits per heavy atom. The van der Waals surface area contributed by atoms with Gasteiger partial charge in [-0.1, -0.05) is 17.7 Å². The first-order valence-electron chi connectivity index (χ1n) is 9.49. The fourth-order valence-corrected chi connectivity index (χ4v) is 4.08. The largest absolute Gasteiger partial charge is 0.353 e. The standard InChI is InChI=1S/C19H24ClFN6.HI/c1-3-22-19(24-15-8-5-9-27-18(15)23-11(2)26-27)25-16-10-12(16)17-13(20)6-4-7-14(17)21;/h4,6-7,12,15-16H,3,5,8-10H2,1-2H3,(H2,22,24,25);1H. The van der Waals surface area contributed by atoms with Crippen molar-refractivity contribution in [1.82, 2.24) is 25.4 Å². The summed E-state index contributed by atoms with van der Waals surface area (Å²) in [6.07, 6.45) is 2.87. The molecule has 28 heavy (non-hydrogen) atoms. The summed E-state index contributed by atoms with van der Waals surface area (Å²) >= 11 is 6.21. The Morgan fingerprint density at radius 3 is 2.96 bits per heavy atom. The van der Waals surface area contributed by atoms with E-state index in [2.05, 4.69) is 25.7 Å². The van der Waals surface area contributed by atoms with Crippen molar-refractivity contribution in [2.45, 2.75) is 57.7 Å². The van der Waals surface area contributed by atoms with Gasteiger partial charge in [-0.3, -0.25) is 4.99 Å². The molecule has 0 radical (unpaired) electrons. The number of hydrogen-bond acceptors (Lipinski definition) is 3. The molecule has 3 atom stereocenters. The number of hydrogen-bond donors (Lipinski definition) is 2. The van der Waals surface area contributed by atoms with E-state index in [1.54, 1.807) is 12.1 Å². The average Bonchev–Trinajstić information content (AvgIpc) is 3.24. The number of nitrogens with zero attached hydrogens (tertiary/aromatic N) is 4. The van der Waals surface area contributed by atoms with Gasteiger partial charge >= 0.3 is 0 Å². The zero-order chi connectivity index (χ0) is 19.0. The van der Waals surface area contributed by atoms with Gasteiger partial charge in [0.05, 0.1) is 6.04 Å². The maximum Gasteiger partial charge on any atom is 0.192 e. The molecular formula is C19H25ClFIN6. The minimum atomic E-state index is -0.241. The second-order valence-corrected chi connectivity index (χ2v) is 7.54. The van der Waals surface area contributed by atoms with Crippen molar-refractivity contribution in [3.05, 3.63) is 46.3 Å². The minimum Gasteiger partial charge on any atom is -0.353 e. The zero-order valence-corrected chi connectivity index (χ0v) is 19.0. The van der Waals surface area contributed by atoms with Gasteiger partial charge in [0.1, 0.15) is 17.5 Å².